The number of benzene rings is 3. The van der Waals surface area contributed by atoms with Crippen molar-refractivity contribution in [2.45, 2.75) is 37.9 Å². The molecule has 1 heterocycles. The average molecular weight is 712 g/mol. The molecule has 0 saturated carbocycles. The van der Waals surface area contributed by atoms with Crippen molar-refractivity contribution in [3.63, 3.8) is 0 Å². The van der Waals surface area contributed by atoms with Crippen LogP contribution in [0.2, 0.25) is 0 Å². The van der Waals surface area contributed by atoms with E-state index in [4.69, 9.17) is 14.2 Å². The van der Waals surface area contributed by atoms with Gasteiger partial charge in [-0.15, -0.1) is 0 Å². The van der Waals surface area contributed by atoms with Gasteiger partial charge in [-0.25, -0.2) is 42.5 Å². The van der Waals surface area contributed by atoms with Gasteiger partial charge in [-0.2, -0.15) is 0 Å². The predicted molar refractivity (Wildman–Crippen MR) is 172 cm³/mol. The molecule has 3 atom stereocenters. The van der Waals surface area contributed by atoms with Crippen molar-refractivity contribution in [2.75, 3.05) is 19.8 Å². The summed E-state index contributed by atoms with van der Waals surface area (Å²) in [4.78, 5) is 77.1. The van der Waals surface area contributed by atoms with Gasteiger partial charge in [0.05, 0.1) is 36.3 Å². The molecule has 0 aliphatic rings. The minimum Gasteiger partial charge on any atom is -0.508 e. The Labute approximate surface area is 286 Å². The topological polar surface area (TPSA) is 266 Å². The lowest BCUT2D eigenvalue weighted by atomic mass is 10.2. The number of hydrogen-bond acceptors (Lipinski definition) is 15. The Morgan fingerprint density at radius 1 is 0.451 bits per heavy atom. The normalized spacial score (nSPS) is 12.8. The third-order valence-electron chi connectivity index (χ3n) is 7.09. The minimum atomic E-state index is -1.69. The van der Waals surface area contributed by atoms with Gasteiger partial charge in [-0.1, -0.05) is 0 Å². The lowest BCUT2D eigenvalue weighted by molar-refractivity contribution is 0.0168. The molecule has 3 unspecified atom stereocenters. The summed E-state index contributed by atoms with van der Waals surface area (Å²) in [6.07, 6.45) is -5.07. The van der Waals surface area contributed by atoms with Crippen LogP contribution in [0.15, 0.2) is 87.2 Å². The van der Waals surface area contributed by atoms with E-state index in [-0.39, 0.29) is 33.9 Å². The number of nitrogens with zero attached hydrogens (tertiary/aromatic N) is 3. The molecule has 270 valence electrons. The van der Waals surface area contributed by atoms with E-state index in [1.54, 1.807) is 0 Å². The first-order valence-electron chi connectivity index (χ1n) is 15.1. The van der Waals surface area contributed by atoms with Crippen LogP contribution in [-0.4, -0.2) is 100 Å². The van der Waals surface area contributed by atoms with E-state index in [0.717, 1.165) is 0 Å². The van der Waals surface area contributed by atoms with E-state index < -0.39 is 92.7 Å². The summed E-state index contributed by atoms with van der Waals surface area (Å²) in [5.41, 5.74) is -3.89. The number of carbonyl (C=O) groups excluding carboxylic acids is 3. The van der Waals surface area contributed by atoms with Crippen LogP contribution >= 0.6 is 0 Å². The van der Waals surface area contributed by atoms with Gasteiger partial charge in [-0.05, 0) is 72.8 Å². The Morgan fingerprint density at radius 3 is 0.882 bits per heavy atom. The third kappa shape index (κ3) is 10.1. The fourth-order valence-corrected chi connectivity index (χ4v) is 4.50. The maximum atomic E-state index is 13.4. The van der Waals surface area contributed by atoms with E-state index in [0.29, 0.717) is 13.7 Å². The summed E-state index contributed by atoms with van der Waals surface area (Å²) in [6.45, 7) is -4.68. The maximum Gasteiger partial charge on any atom is 0.338 e. The Bertz CT molecular complexity index is 1760. The molecule has 0 radical (unpaired) electrons. The molecule has 0 aliphatic heterocycles. The minimum absolute atomic E-state index is 0.0215. The van der Waals surface area contributed by atoms with E-state index in [1.807, 2.05) is 0 Å². The summed E-state index contributed by atoms with van der Waals surface area (Å²) in [5, 5.41) is 60.0. The lowest BCUT2D eigenvalue weighted by Crippen LogP contribution is -2.57. The highest BCUT2D eigenvalue weighted by Crippen LogP contribution is 2.13. The zero-order chi connectivity index (χ0) is 37.2. The molecule has 0 spiro atoms. The van der Waals surface area contributed by atoms with Crippen LogP contribution in [0.4, 0.5) is 0 Å². The number of carbonyl (C=O) groups is 3. The summed E-state index contributed by atoms with van der Waals surface area (Å²) < 4.78 is 16.2. The number of aromatic hydroxyl groups is 3. The molecular formula is C33H33N3O15. The van der Waals surface area contributed by atoms with Gasteiger partial charge in [0, 0.05) is 0 Å². The van der Waals surface area contributed by atoms with Crippen LogP contribution in [0.3, 0.4) is 0 Å². The van der Waals surface area contributed by atoms with Crippen LogP contribution in [0.1, 0.15) is 31.1 Å². The van der Waals surface area contributed by atoms with Crippen molar-refractivity contribution in [1.29, 1.82) is 0 Å². The first-order chi connectivity index (χ1) is 24.2. The molecule has 6 N–H and O–H groups in total. The van der Waals surface area contributed by atoms with Crippen molar-refractivity contribution in [2.24, 2.45) is 0 Å². The molecule has 0 fully saturated rings. The molecule has 4 aromatic rings. The SMILES string of the molecule is O=C(OCC(O)Cn1c(=O)n(CC(O)COC(=O)c2ccc(O)cc2)c(=O)n(CC(O)COC(=O)c2ccc(O)cc2)c1=O)c1ccc(O)cc1. The van der Waals surface area contributed by atoms with Crippen molar-refractivity contribution < 1.29 is 59.2 Å². The smallest absolute Gasteiger partial charge is 0.338 e. The van der Waals surface area contributed by atoms with Crippen molar-refractivity contribution >= 4 is 17.9 Å². The summed E-state index contributed by atoms with van der Waals surface area (Å²) in [7, 11) is 0. The number of aliphatic hydroxyl groups is 3. The van der Waals surface area contributed by atoms with Crippen LogP contribution in [0.25, 0.3) is 0 Å². The number of esters is 3. The van der Waals surface area contributed by atoms with E-state index in [9.17, 15) is 59.4 Å². The second kappa shape index (κ2) is 16.9. The zero-order valence-corrected chi connectivity index (χ0v) is 26.6. The number of phenols is 3. The molecule has 18 heteroatoms. The highest BCUT2D eigenvalue weighted by Gasteiger charge is 2.23. The molecule has 0 bridgehead atoms. The first-order valence-corrected chi connectivity index (χ1v) is 15.1. The number of ether oxygens (including phenoxy) is 3. The van der Waals surface area contributed by atoms with Gasteiger partial charge in [0.15, 0.2) is 0 Å². The third-order valence-corrected chi connectivity index (χ3v) is 7.09. The van der Waals surface area contributed by atoms with Gasteiger partial charge < -0.3 is 44.8 Å². The highest BCUT2D eigenvalue weighted by atomic mass is 16.6. The zero-order valence-electron chi connectivity index (χ0n) is 26.6. The number of phenolic OH excluding ortho intramolecular Hbond substituents is 3. The number of hydrogen-bond donors (Lipinski definition) is 6. The van der Waals surface area contributed by atoms with Gasteiger partial charge in [-0.3, -0.25) is 0 Å². The Kier molecular flexibility index (Phi) is 12.5. The fraction of sp³-hybridized carbons (Fsp3) is 0.273. The van der Waals surface area contributed by atoms with Crippen LogP contribution in [-0.2, 0) is 33.8 Å². The molecular weight excluding hydrogens is 678 g/mol. The summed E-state index contributed by atoms with van der Waals surface area (Å²) >= 11 is 0. The van der Waals surface area contributed by atoms with Crippen LogP contribution < -0.4 is 17.1 Å². The van der Waals surface area contributed by atoms with Gasteiger partial charge in [0.1, 0.15) is 55.4 Å². The highest BCUT2D eigenvalue weighted by molar-refractivity contribution is 5.90. The van der Waals surface area contributed by atoms with Crippen molar-refractivity contribution in [3.8, 4) is 17.2 Å². The average Bonchev–Trinajstić information content (AvgIpc) is 3.11. The first kappa shape index (κ1) is 37.6. The molecule has 0 aliphatic carbocycles. The van der Waals surface area contributed by atoms with Crippen LogP contribution in [0, 0.1) is 0 Å². The monoisotopic (exact) mass is 711 g/mol. The van der Waals surface area contributed by atoms with Gasteiger partial charge in [0.25, 0.3) is 0 Å². The number of rotatable bonds is 15. The molecule has 3 aromatic carbocycles. The van der Waals surface area contributed by atoms with E-state index in [2.05, 4.69) is 0 Å². The number of aliphatic hydroxyl groups excluding tert-OH is 3. The molecule has 51 heavy (non-hydrogen) atoms. The van der Waals surface area contributed by atoms with Crippen LogP contribution in [0.5, 0.6) is 17.2 Å². The Morgan fingerprint density at radius 2 is 0.667 bits per heavy atom. The van der Waals surface area contributed by atoms with E-state index in [1.165, 1.54) is 72.8 Å². The molecule has 4 rings (SSSR count). The number of aromatic nitrogens is 3. The Hall–Kier alpha value is -6.24. The summed E-state index contributed by atoms with van der Waals surface area (Å²) in [5.74, 6) is -3.05. The predicted octanol–water partition coefficient (Wildman–Crippen LogP) is -1.06. The molecule has 18 nitrogen and oxygen atoms in total. The standard InChI is InChI=1S/C33H33N3O15/c37-22-7-1-19(2-8-22)28(43)49-16-25(40)13-34-31(46)35(14-26(41)17-50-29(44)20-3-9-23(38)10-4-20)33(48)36(32(34)47)15-27(42)18-51-30(45)21-5-11-24(39)12-6-21/h1-12,25-27,37-42H,13-18H2. The second-order valence-corrected chi connectivity index (χ2v) is 11.1. The maximum absolute atomic E-state index is 13.4. The molecule has 1 aromatic heterocycles. The summed E-state index contributed by atoms with van der Waals surface area (Å²) in [6, 6.07) is 14.9. The molecule has 0 saturated heterocycles. The quantitative estimate of drug-likeness (QED) is 0.0634. The van der Waals surface area contributed by atoms with Gasteiger partial charge in [0.2, 0.25) is 0 Å². The Balaban J connectivity index is 1.53. The van der Waals surface area contributed by atoms with Crippen molar-refractivity contribution in [1.82, 2.24) is 13.7 Å². The van der Waals surface area contributed by atoms with Crippen molar-refractivity contribution in [3.05, 3.63) is 121 Å². The van der Waals surface area contributed by atoms with Gasteiger partial charge >= 0.3 is 35.0 Å². The second-order valence-electron chi connectivity index (χ2n) is 11.1. The van der Waals surface area contributed by atoms with E-state index >= 15 is 0 Å². The fourth-order valence-electron chi connectivity index (χ4n) is 4.50. The largest absolute Gasteiger partial charge is 0.508 e. The molecule has 0 amide bonds. The lowest BCUT2D eigenvalue weighted by Gasteiger charge is -2.19.